The number of carbonyl (C=O) groups is 2. The lowest BCUT2D eigenvalue weighted by atomic mass is 10.1. The summed E-state index contributed by atoms with van der Waals surface area (Å²) < 4.78 is 1.35. The number of hydrogen-bond donors (Lipinski definition) is 2. The maximum atomic E-state index is 12.8. The van der Waals surface area contributed by atoms with E-state index in [-0.39, 0.29) is 23.8 Å². The third-order valence-corrected chi connectivity index (χ3v) is 4.93. The Morgan fingerprint density at radius 2 is 1.85 bits per heavy atom. The molecule has 0 saturated carbocycles. The van der Waals surface area contributed by atoms with Gasteiger partial charge in [-0.1, -0.05) is 23.4 Å². The Balaban J connectivity index is 1.47. The van der Waals surface area contributed by atoms with Gasteiger partial charge >= 0.3 is 0 Å². The number of non-ortho nitro benzene ring substituents is 1. The number of nitro groups is 1. The second-order valence-electron chi connectivity index (χ2n) is 7.25. The van der Waals surface area contributed by atoms with Gasteiger partial charge in [-0.15, -0.1) is 5.10 Å². The summed E-state index contributed by atoms with van der Waals surface area (Å²) in [6.07, 6.45) is 1.65. The summed E-state index contributed by atoms with van der Waals surface area (Å²) in [4.78, 5) is 40.0. The highest BCUT2D eigenvalue weighted by atomic mass is 16.6. The van der Waals surface area contributed by atoms with Gasteiger partial charge in [-0.25, -0.2) is 4.68 Å². The van der Waals surface area contributed by atoms with E-state index in [1.54, 1.807) is 55.6 Å². The maximum Gasteiger partial charge on any atom is 0.278 e. The van der Waals surface area contributed by atoms with Crippen molar-refractivity contribution >= 4 is 23.2 Å². The molecule has 2 amide bonds. The third-order valence-electron chi connectivity index (χ3n) is 4.93. The molecule has 0 aliphatic carbocycles. The van der Waals surface area contributed by atoms with Gasteiger partial charge in [0.25, 0.3) is 17.5 Å². The molecule has 0 fully saturated rings. The number of amides is 2. The molecule has 2 aromatic heterocycles. The largest absolute Gasteiger partial charge is 0.346 e. The van der Waals surface area contributed by atoms with Crippen molar-refractivity contribution in [3.8, 4) is 5.69 Å². The van der Waals surface area contributed by atoms with E-state index in [1.165, 1.54) is 22.9 Å². The number of aromatic nitrogens is 4. The molecule has 0 bridgehead atoms. The molecule has 4 aromatic rings. The second-order valence-corrected chi connectivity index (χ2v) is 7.25. The molecule has 2 heterocycles. The Morgan fingerprint density at radius 1 is 1.03 bits per heavy atom. The Morgan fingerprint density at radius 3 is 2.62 bits per heavy atom. The Labute approximate surface area is 193 Å². The monoisotopic (exact) mass is 457 g/mol. The van der Waals surface area contributed by atoms with E-state index in [2.05, 4.69) is 25.9 Å². The van der Waals surface area contributed by atoms with Crippen LogP contribution in [-0.2, 0) is 6.54 Å². The fourth-order valence-corrected chi connectivity index (χ4v) is 3.23. The van der Waals surface area contributed by atoms with Crippen LogP contribution in [0.4, 0.5) is 11.4 Å². The van der Waals surface area contributed by atoms with Crippen molar-refractivity contribution in [3.05, 3.63) is 106 Å². The molecule has 0 atom stereocenters. The van der Waals surface area contributed by atoms with Crippen molar-refractivity contribution < 1.29 is 14.5 Å². The molecule has 0 aliphatic rings. The van der Waals surface area contributed by atoms with Gasteiger partial charge in [-0.05, 0) is 43.3 Å². The number of pyridine rings is 1. The van der Waals surface area contributed by atoms with E-state index in [9.17, 15) is 19.7 Å². The number of rotatable bonds is 7. The molecule has 2 aromatic carbocycles. The van der Waals surface area contributed by atoms with Crippen molar-refractivity contribution in [1.29, 1.82) is 0 Å². The fraction of sp³-hybridized carbons (Fsp3) is 0.0870. The van der Waals surface area contributed by atoms with Crippen molar-refractivity contribution in [2.45, 2.75) is 13.5 Å². The van der Waals surface area contributed by atoms with Crippen LogP contribution in [0, 0.1) is 17.0 Å². The molecule has 170 valence electrons. The molecule has 2 N–H and O–H groups in total. The molecule has 11 heteroatoms. The summed E-state index contributed by atoms with van der Waals surface area (Å²) in [5.74, 6) is -0.838. The summed E-state index contributed by atoms with van der Waals surface area (Å²) in [5, 5.41) is 24.4. The number of nitrogens with one attached hydrogen (secondary N) is 2. The van der Waals surface area contributed by atoms with Crippen LogP contribution in [0.3, 0.4) is 0 Å². The fourth-order valence-electron chi connectivity index (χ4n) is 3.23. The third kappa shape index (κ3) is 4.93. The molecule has 0 saturated heterocycles. The van der Waals surface area contributed by atoms with E-state index < -0.39 is 10.8 Å². The van der Waals surface area contributed by atoms with Gasteiger partial charge in [-0.3, -0.25) is 24.7 Å². The van der Waals surface area contributed by atoms with E-state index >= 15 is 0 Å². The minimum absolute atomic E-state index is 0.0523. The molecular weight excluding hydrogens is 438 g/mol. The van der Waals surface area contributed by atoms with Crippen molar-refractivity contribution in [3.63, 3.8) is 0 Å². The minimum atomic E-state index is -0.528. The zero-order valence-corrected chi connectivity index (χ0v) is 18.0. The summed E-state index contributed by atoms with van der Waals surface area (Å²) in [7, 11) is 0. The zero-order valence-electron chi connectivity index (χ0n) is 18.0. The van der Waals surface area contributed by atoms with Crippen LogP contribution in [0.2, 0.25) is 0 Å². The SMILES string of the molecule is Cc1c(C(=O)Nc2cccc(C(=O)NCc3ccccn3)c2)nnn1-c1cccc([N+](=O)[O-])c1. The molecule has 0 radical (unpaired) electrons. The lowest BCUT2D eigenvalue weighted by Crippen LogP contribution is -2.23. The number of hydrogen-bond acceptors (Lipinski definition) is 7. The standard InChI is InChI=1S/C23H19N7O4/c1-15-21(27-28-29(15)19-9-5-10-20(13-19)30(33)34)23(32)26-17-8-4-6-16(12-17)22(31)25-14-18-7-2-3-11-24-18/h2-13H,14H2,1H3,(H,25,31)(H,26,32). The molecule has 11 nitrogen and oxygen atoms in total. The van der Waals surface area contributed by atoms with Crippen LogP contribution >= 0.6 is 0 Å². The highest BCUT2D eigenvalue weighted by Crippen LogP contribution is 2.19. The van der Waals surface area contributed by atoms with Crippen LogP contribution in [0.1, 0.15) is 32.2 Å². The summed E-state index contributed by atoms with van der Waals surface area (Å²) in [6.45, 7) is 1.91. The molecule has 0 unspecified atom stereocenters. The zero-order chi connectivity index (χ0) is 24.1. The maximum absolute atomic E-state index is 12.8. The van der Waals surface area contributed by atoms with Crippen LogP contribution in [0.15, 0.2) is 72.9 Å². The van der Waals surface area contributed by atoms with E-state index in [0.717, 1.165) is 5.69 Å². The highest BCUT2D eigenvalue weighted by Gasteiger charge is 2.19. The van der Waals surface area contributed by atoms with Gasteiger partial charge in [-0.2, -0.15) is 0 Å². The van der Waals surface area contributed by atoms with E-state index in [4.69, 9.17) is 0 Å². The smallest absolute Gasteiger partial charge is 0.278 e. The Hall–Kier alpha value is -4.93. The number of anilines is 1. The normalized spacial score (nSPS) is 10.5. The predicted molar refractivity (Wildman–Crippen MR) is 123 cm³/mol. The first-order valence-corrected chi connectivity index (χ1v) is 10.2. The summed E-state index contributed by atoms with van der Waals surface area (Å²) >= 11 is 0. The van der Waals surface area contributed by atoms with Crippen LogP contribution in [0.5, 0.6) is 0 Å². The Bertz CT molecular complexity index is 1370. The van der Waals surface area contributed by atoms with E-state index in [0.29, 0.717) is 22.6 Å². The number of nitro benzene ring substituents is 1. The lowest BCUT2D eigenvalue weighted by Gasteiger charge is -2.08. The lowest BCUT2D eigenvalue weighted by molar-refractivity contribution is -0.384. The second kappa shape index (κ2) is 9.69. The van der Waals surface area contributed by atoms with Crippen LogP contribution < -0.4 is 10.6 Å². The molecule has 0 spiro atoms. The topological polar surface area (TPSA) is 145 Å². The van der Waals surface area contributed by atoms with Crippen molar-refractivity contribution in [1.82, 2.24) is 25.3 Å². The van der Waals surface area contributed by atoms with Crippen LogP contribution in [0.25, 0.3) is 5.69 Å². The average molecular weight is 457 g/mol. The summed E-state index contributed by atoms with van der Waals surface area (Å²) in [5.41, 5.74) is 2.26. The number of benzene rings is 2. The minimum Gasteiger partial charge on any atom is -0.346 e. The first-order valence-electron chi connectivity index (χ1n) is 10.2. The number of carbonyl (C=O) groups excluding carboxylic acids is 2. The van der Waals surface area contributed by atoms with Gasteiger partial charge in [0.1, 0.15) is 0 Å². The average Bonchev–Trinajstić information content (AvgIpc) is 3.24. The van der Waals surface area contributed by atoms with Crippen molar-refractivity contribution in [2.75, 3.05) is 5.32 Å². The molecule has 34 heavy (non-hydrogen) atoms. The predicted octanol–water partition coefficient (Wildman–Crippen LogP) is 3.06. The first-order chi connectivity index (χ1) is 16.4. The summed E-state index contributed by atoms with van der Waals surface area (Å²) in [6, 6.07) is 17.8. The van der Waals surface area contributed by atoms with Gasteiger partial charge in [0.2, 0.25) is 0 Å². The van der Waals surface area contributed by atoms with Gasteiger partial charge in [0, 0.05) is 29.6 Å². The van der Waals surface area contributed by atoms with Crippen LogP contribution in [-0.4, -0.2) is 36.7 Å². The van der Waals surface area contributed by atoms with Gasteiger partial charge in [0.05, 0.1) is 28.5 Å². The first kappa shape index (κ1) is 22.3. The molecule has 0 aliphatic heterocycles. The number of nitrogens with zero attached hydrogens (tertiary/aromatic N) is 5. The quantitative estimate of drug-likeness (QED) is 0.320. The highest BCUT2D eigenvalue weighted by molar-refractivity contribution is 6.04. The molecular formula is C23H19N7O4. The molecule has 4 rings (SSSR count). The van der Waals surface area contributed by atoms with E-state index in [1.807, 2.05) is 6.07 Å². The van der Waals surface area contributed by atoms with Gasteiger partial charge in [0.15, 0.2) is 5.69 Å². The Kier molecular flexibility index (Phi) is 6.35. The van der Waals surface area contributed by atoms with Crippen molar-refractivity contribution in [2.24, 2.45) is 0 Å². The van der Waals surface area contributed by atoms with Gasteiger partial charge < -0.3 is 10.6 Å².